The summed E-state index contributed by atoms with van der Waals surface area (Å²) in [4.78, 5) is 0. The summed E-state index contributed by atoms with van der Waals surface area (Å²) in [5.74, 6) is 0. The summed E-state index contributed by atoms with van der Waals surface area (Å²) in [5, 5.41) is 4.81. The minimum atomic E-state index is -0.204. The summed E-state index contributed by atoms with van der Waals surface area (Å²) >= 11 is 0. The molecular formula is C57H39NO. The number of hydrogen-bond acceptors (Lipinski definition) is 1. The van der Waals surface area contributed by atoms with Crippen LogP contribution in [-0.2, 0) is 5.41 Å². The molecule has 0 saturated carbocycles. The maximum Gasteiger partial charge on any atom is 0.143 e. The molecule has 2 nitrogen and oxygen atoms in total. The van der Waals surface area contributed by atoms with Gasteiger partial charge in [-0.15, -0.1) is 0 Å². The molecule has 12 rings (SSSR count). The fourth-order valence-electron chi connectivity index (χ4n) is 9.76. The summed E-state index contributed by atoms with van der Waals surface area (Å²) in [6, 6.07) is 73.1. The van der Waals surface area contributed by atoms with Gasteiger partial charge in [0.1, 0.15) is 11.2 Å². The first-order valence-corrected chi connectivity index (χ1v) is 20.5. The minimum absolute atomic E-state index is 0.204. The Morgan fingerprint density at radius 2 is 0.864 bits per heavy atom. The highest BCUT2D eigenvalue weighted by atomic mass is 16.3. The summed E-state index contributed by atoms with van der Waals surface area (Å²) < 4.78 is 9.07. The summed E-state index contributed by atoms with van der Waals surface area (Å²) in [6.07, 6.45) is 0. The highest BCUT2D eigenvalue weighted by Crippen LogP contribution is 2.53. The molecule has 1 aliphatic carbocycles. The van der Waals surface area contributed by atoms with Gasteiger partial charge in [-0.1, -0.05) is 172 Å². The van der Waals surface area contributed by atoms with E-state index in [1.807, 2.05) is 0 Å². The van der Waals surface area contributed by atoms with Gasteiger partial charge >= 0.3 is 0 Å². The molecule has 0 unspecified atom stereocenters. The molecule has 278 valence electrons. The number of hydrogen-bond donors (Lipinski definition) is 0. The molecular weight excluding hydrogens is 715 g/mol. The lowest BCUT2D eigenvalue weighted by atomic mass is 9.82. The molecule has 0 aliphatic heterocycles. The zero-order chi connectivity index (χ0) is 39.2. The second-order valence-electron chi connectivity index (χ2n) is 16.5. The Morgan fingerprint density at radius 1 is 0.373 bits per heavy atom. The van der Waals surface area contributed by atoms with Crippen LogP contribution < -0.4 is 0 Å². The number of fused-ring (bicyclic) bond motifs is 10. The second-order valence-corrected chi connectivity index (χ2v) is 16.5. The van der Waals surface area contributed by atoms with Crippen molar-refractivity contribution in [1.29, 1.82) is 0 Å². The van der Waals surface area contributed by atoms with Crippen LogP contribution in [0.1, 0.15) is 25.0 Å². The lowest BCUT2D eigenvalue weighted by molar-refractivity contribution is 0.653. The lowest BCUT2D eigenvalue weighted by Crippen LogP contribution is -2.15. The van der Waals surface area contributed by atoms with Gasteiger partial charge in [0.2, 0.25) is 0 Å². The van der Waals surface area contributed by atoms with Gasteiger partial charge in [-0.25, -0.2) is 0 Å². The Hall–Kier alpha value is -7.42. The molecule has 0 atom stereocenters. The molecule has 2 aromatic heterocycles. The van der Waals surface area contributed by atoms with Crippen LogP contribution >= 0.6 is 0 Å². The van der Waals surface area contributed by atoms with Crippen LogP contribution in [0.25, 0.3) is 105 Å². The van der Waals surface area contributed by atoms with Crippen molar-refractivity contribution in [3.05, 3.63) is 211 Å². The molecule has 0 bridgehead atoms. The fourth-order valence-corrected chi connectivity index (χ4v) is 9.76. The SMILES string of the molecule is CC1(C)c2cc(-n3c4ccc(-c5ccc(-c6ccccc6)cc5)cc4c4cc(-c5ccc(-c6ccccc6)cc5)ccc43)ccc2-c2c1ccc1c2oc2ccccc21. The number of rotatable bonds is 5. The van der Waals surface area contributed by atoms with Crippen molar-refractivity contribution in [3.63, 3.8) is 0 Å². The van der Waals surface area contributed by atoms with E-state index in [0.717, 1.165) is 22.2 Å². The largest absolute Gasteiger partial charge is 0.455 e. The molecule has 0 N–H and O–H groups in total. The van der Waals surface area contributed by atoms with Crippen molar-refractivity contribution in [1.82, 2.24) is 4.57 Å². The minimum Gasteiger partial charge on any atom is -0.455 e. The first-order valence-electron chi connectivity index (χ1n) is 20.5. The zero-order valence-corrected chi connectivity index (χ0v) is 32.9. The van der Waals surface area contributed by atoms with E-state index in [2.05, 4.69) is 219 Å². The van der Waals surface area contributed by atoms with E-state index in [1.165, 1.54) is 94.0 Å². The number of nitrogens with zero attached hydrogens (tertiary/aromatic N) is 1. The van der Waals surface area contributed by atoms with Crippen molar-refractivity contribution < 1.29 is 4.42 Å². The van der Waals surface area contributed by atoms with Gasteiger partial charge in [0.25, 0.3) is 0 Å². The van der Waals surface area contributed by atoms with E-state index in [4.69, 9.17) is 4.42 Å². The Kier molecular flexibility index (Phi) is 7.31. The van der Waals surface area contributed by atoms with Crippen molar-refractivity contribution in [2.24, 2.45) is 0 Å². The standard InChI is InChI=1S/C57H39NO/c1-57(2)50-30-29-46-45-15-9-10-16-54(45)59-56(46)55(50)47-28-27-44(35-51(47)57)58-52-31-25-42(40-21-17-38(18-22-40)36-11-5-3-6-12-36)33-48(52)49-34-43(26-32-53(49)58)41-23-19-39(20-24-41)37-13-7-4-8-14-37/h3-35H,1-2H3. The second kappa shape index (κ2) is 12.8. The van der Waals surface area contributed by atoms with Crippen LogP contribution in [-0.4, -0.2) is 4.57 Å². The molecule has 0 amide bonds. The summed E-state index contributed by atoms with van der Waals surface area (Å²) in [7, 11) is 0. The Bertz CT molecular complexity index is 3280. The highest BCUT2D eigenvalue weighted by Gasteiger charge is 2.38. The summed E-state index contributed by atoms with van der Waals surface area (Å²) in [5.41, 5.74) is 20.0. The number of para-hydroxylation sites is 1. The molecule has 0 radical (unpaired) electrons. The van der Waals surface area contributed by atoms with Gasteiger partial charge in [0.15, 0.2) is 0 Å². The van der Waals surface area contributed by atoms with Crippen molar-refractivity contribution in [3.8, 4) is 61.3 Å². The molecule has 0 saturated heterocycles. The topological polar surface area (TPSA) is 18.1 Å². The van der Waals surface area contributed by atoms with Crippen LogP contribution in [0.5, 0.6) is 0 Å². The molecule has 59 heavy (non-hydrogen) atoms. The van der Waals surface area contributed by atoms with Crippen LogP contribution in [0, 0.1) is 0 Å². The zero-order valence-electron chi connectivity index (χ0n) is 32.9. The van der Waals surface area contributed by atoms with E-state index < -0.39 is 0 Å². The van der Waals surface area contributed by atoms with Gasteiger partial charge < -0.3 is 8.98 Å². The van der Waals surface area contributed by atoms with Crippen LogP contribution in [0.15, 0.2) is 205 Å². The first kappa shape index (κ1) is 33.7. The number of furan rings is 1. The third kappa shape index (κ3) is 5.20. The fraction of sp³-hybridized carbons (Fsp3) is 0.0526. The summed E-state index contributed by atoms with van der Waals surface area (Å²) in [6.45, 7) is 4.71. The van der Waals surface area contributed by atoms with E-state index in [9.17, 15) is 0 Å². The van der Waals surface area contributed by atoms with Crippen LogP contribution in [0.4, 0.5) is 0 Å². The van der Waals surface area contributed by atoms with Crippen LogP contribution in [0.3, 0.4) is 0 Å². The van der Waals surface area contributed by atoms with Crippen molar-refractivity contribution >= 4 is 43.7 Å². The van der Waals surface area contributed by atoms with E-state index in [1.54, 1.807) is 0 Å². The third-order valence-electron chi connectivity index (χ3n) is 12.8. The van der Waals surface area contributed by atoms with E-state index >= 15 is 0 Å². The first-order chi connectivity index (χ1) is 29.0. The molecule has 0 spiro atoms. The predicted octanol–water partition coefficient (Wildman–Crippen LogP) is 15.7. The maximum atomic E-state index is 6.61. The van der Waals surface area contributed by atoms with Crippen molar-refractivity contribution in [2.75, 3.05) is 0 Å². The molecule has 1 aliphatic rings. The van der Waals surface area contributed by atoms with Crippen LogP contribution in [0.2, 0.25) is 0 Å². The number of aromatic nitrogens is 1. The lowest BCUT2D eigenvalue weighted by Gasteiger charge is -2.22. The molecule has 0 fully saturated rings. The van der Waals surface area contributed by atoms with Gasteiger partial charge in [0.05, 0.1) is 11.0 Å². The average molecular weight is 754 g/mol. The molecule has 2 heterocycles. The quantitative estimate of drug-likeness (QED) is 0.171. The van der Waals surface area contributed by atoms with E-state index in [-0.39, 0.29) is 5.41 Å². The smallest absolute Gasteiger partial charge is 0.143 e. The Morgan fingerprint density at radius 3 is 1.44 bits per heavy atom. The Balaban J connectivity index is 1.02. The monoisotopic (exact) mass is 753 g/mol. The van der Waals surface area contributed by atoms with Gasteiger partial charge in [0, 0.05) is 38.2 Å². The molecule has 11 aromatic rings. The molecule has 2 heteroatoms. The Labute approximate surface area is 343 Å². The van der Waals surface area contributed by atoms with Gasteiger partial charge in [-0.2, -0.15) is 0 Å². The predicted molar refractivity (Wildman–Crippen MR) is 247 cm³/mol. The third-order valence-corrected chi connectivity index (χ3v) is 12.8. The van der Waals surface area contributed by atoms with Gasteiger partial charge in [-0.3, -0.25) is 0 Å². The normalized spacial score (nSPS) is 13.1. The maximum absolute atomic E-state index is 6.61. The van der Waals surface area contributed by atoms with Crippen molar-refractivity contribution in [2.45, 2.75) is 19.3 Å². The highest BCUT2D eigenvalue weighted by molar-refractivity contribution is 6.13. The van der Waals surface area contributed by atoms with Gasteiger partial charge in [-0.05, 0) is 104 Å². The molecule has 9 aromatic carbocycles. The average Bonchev–Trinajstić information content (AvgIpc) is 3.91. The number of benzene rings is 9. The van der Waals surface area contributed by atoms with E-state index in [0.29, 0.717) is 0 Å².